The monoisotopic (exact) mass is 381 g/mol. The van der Waals surface area contributed by atoms with Crippen molar-refractivity contribution in [3.63, 3.8) is 0 Å². The molecule has 0 aliphatic heterocycles. The van der Waals surface area contributed by atoms with E-state index in [0.29, 0.717) is 4.77 Å². The average molecular weight is 382 g/mol. The summed E-state index contributed by atoms with van der Waals surface area (Å²) in [5, 5.41) is 6.61. The van der Waals surface area contributed by atoms with Crippen molar-refractivity contribution in [3.05, 3.63) is 37.3 Å². The number of aromatic nitrogens is 3. The third-order valence-electron chi connectivity index (χ3n) is 1.72. The van der Waals surface area contributed by atoms with Gasteiger partial charge >= 0.3 is 0 Å². The van der Waals surface area contributed by atoms with Crippen LogP contribution in [0.2, 0.25) is 0 Å². The molecular formula is C8H5BrIN3S. The van der Waals surface area contributed by atoms with Crippen LogP contribution in [0.4, 0.5) is 0 Å². The van der Waals surface area contributed by atoms with Crippen LogP contribution in [0.25, 0.3) is 5.69 Å². The van der Waals surface area contributed by atoms with Gasteiger partial charge in [-0.2, -0.15) is 5.10 Å². The number of benzene rings is 1. The van der Waals surface area contributed by atoms with E-state index in [2.05, 4.69) is 48.7 Å². The van der Waals surface area contributed by atoms with Crippen molar-refractivity contribution in [2.75, 3.05) is 0 Å². The van der Waals surface area contributed by atoms with Gasteiger partial charge in [-0.05, 0) is 53.0 Å². The van der Waals surface area contributed by atoms with Crippen molar-refractivity contribution in [1.82, 2.24) is 14.8 Å². The summed E-state index contributed by atoms with van der Waals surface area (Å²) in [5.74, 6) is 0. The second kappa shape index (κ2) is 4.11. The summed E-state index contributed by atoms with van der Waals surface area (Å²) in [4.78, 5) is 0. The molecule has 0 amide bonds. The molecule has 0 radical (unpaired) electrons. The van der Waals surface area contributed by atoms with E-state index in [-0.39, 0.29) is 0 Å². The van der Waals surface area contributed by atoms with Crippen LogP contribution in [-0.4, -0.2) is 14.8 Å². The van der Waals surface area contributed by atoms with Gasteiger partial charge in [0.15, 0.2) is 4.77 Å². The van der Waals surface area contributed by atoms with Crippen molar-refractivity contribution in [1.29, 1.82) is 0 Å². The number of rotatable bonds is 1. The highest BCUT2D eigenvalue weighted by Crippen LogP contribution is 2.21. The maximum absolute atomic E-state index is 5.10. The summed E-state index contributed by atoms with van der Waals surface area (Å²) in [6.45, 7) is 0. The molecule has 0 aliphatic carbocycles. The quantitative estimate of drug-likeness (QED) is 0.607. The molecule has 72 valence electrons. The molecule has 1 aromatic heterocycles. The first-order valence-corrected chi connectivity index (χ1v) is 6.04. The minimum atomic E-state index is 0.598. The third-order valence-corrected chi connectivity index (χ3v) is 3.41. The summed E-state index contributed by atoms with van der Waals surface area (Å²) in [5.41, 5.74) is 1.03. The molecule has 0 spiro atoms. The average Bonchev–Trinajstić information content (AvgIpc) is 2.56. The zero-order valence-corrected chi connectivity index (χ0v) is 11.4. The van der Waals surface area contributed by atoms with Crippen LogP contribution in [-0.2, 0) is 0 Å². The number of aromatic amines is 1. The number of halogens is 2. The molecular weight excluding hydrogens is 377 g/mol. The Kier molecular flexibility index (Phi) is 3.03. The van der Waals surface area contributed by atoms with Gasteiger partial charge in [0.1, 0.15) is 6.33 Å². The first-order chi connectivity index (χ1) is 6.68. The van der Waals surface area contributed by atoms with Gasteiger partial charge < -0.3 is 0 Å². The number of nitrogens with one attached hydrogen (secondary N) is 1. The minimum absolute atomic E-state index is 0.598. The van der Waals surface area contributed by atoms with Crippen LogP contribution in [0, 0.1) is 8.34 Å². The number of nitrogens with zero attached hydrogens (tertiary/aromatic N) is 2. The van der Waals surface area contributed by atoms with Gasteiger partial charge in [-0.15, -0.1) is 0 Å². The Morgan fingerprint density at radius 1 is 1.50 bits per heavy atom. The molecule has 0 unspecified atom stereocenters. The fourth-order valence-electron chi connectivity index (χ4n) is 1.09. The highest BCUT2D eigenvalue weighted by Gasteiger charge is 2.03. The van der Waals surface area contributed by atoms with E-state index in [1.54, 1.807) is 6.33 Å². The maximum Gasteiger partial charge on any atom is 0.199 e. The Labute approximate surface area is 108 Å². The second-order valence-electron chi connectivity index (χ2n) is 2.63. The van der Waals surface area contributed by atoms with Gasteiger partial charge in [0, 0.05) is 8.04 Å². The van der Waals surface area contributed by atoms with E-state index in [1.807, 2.05) is 22.8 Å². The highest BCUT2D eigenvalue weighted by molar-refractivity contribution is 14.1. The molecule has 2 aromatic rings. The Morgan fingerprint density at radius 3 is 2.93 bits per heavy atom. The van der Waals surface area contributed by atoms with Crippen LogP contribution >= 0.6 is 50.7 Å². The van der Waals surface area contributed by atoms with E-state index in [0.717, 1.165) is 13.7 Å². The van der Waals surface area contributed by atoms with E-state index >= 15 is 0 Å². The lowest BCUT2D eigenvalue weighted by Gasteiger charge is -2.04. The maximum atomic E-state index is 5.10. The first-order valence-electron chi connectivity index (χ1n) is 3.76. The molecule has 1 heterocycles. The fourth-order valence-corrected chi connectivity index (χ4v) is 2.23. The summed E-state index contributed by atoms with van der Waals surface area (Å²) in [6.07, 6.45) is 1.67. The summed E-state index contributed by atoms with van der Waals surface area (Å²) in [7, 11) is 0. The zero-order valence-electron chi connectivity index (χ0n) is 6.87. The topological polar surface area (TPSA) is 33.6 Å². The largest absolute Gasteiger partial charge is 0.274 e. The molecule has 0 aliphatic rings. The van der Waals surface area contributed by atoms with Crippen LogP contribution in [0.3, 0.4) is 0 Å². The zero-order chi connectivity index (χ0) is 10.1. The van der Waals surface area contributed by atoms with E-state index < -0.39 is 0 Å². The van der Waals surface area contributed by atoms with Crippen molar-refractivity contribution < 1.29 is 0 Å². The molecule has 3 nitrogen and oxygen atoms in total. The van der Waals surface area contributed by atoms with Gasteiger partial charge in [0.2, 0.25) is 0 Å². The molecule has 0 saturated heterocycles. The summed E-state index contributed by atoms with van der Waals surface area (Å²) < 4.78 is 4.59. The van der Waals surface area contributed by atoms with Crippen molar-refractivity contribution >= 4 is 50.7 Å². The third kappa shape index (κ3) is 1.91. The predicted molar refractivity (Wildman–Crippen MR) is 69.2 cm³/mol. The van der Waals surface area contributed by atoms with Gasteiger partial charge in [-0.3, -0.25) is 9.67 Å². The van der Waals surface area contributed by atoms with E-state index in [9.17, 15) is 0 Å². The van der Waals surface area contributed by atoms with Crippen LogP contribution < -0.4 is 0 Å². The molecule has 0 saturated carbocycles. The summed E-state index contributed by atoms with van der Waals surface area (Å²) in [6, 6.07) is 6.02. The van der Waals surface area contributed by atoms with Crippen molar-refractivity contribution in [3.8, 4) is 5.69 Å². The lowest BCUT2D eigenvalue weighted by atomic mass is 10.3. The Hall–Kier alpha value is -0.210. The molecule has 0 atom stereocenters. The lowest BCUT2D eigenvalue weighted by Crippen LogP contribution is -1.95. The molecule has 2 rings (SSSR count). The Balaban J connectivity index is 2.68. The molecule has 0 bridgehead atoms. The highest BCUT2D eigenvalue weighted by atomic mass is 127. The van der Waals surface area contributed by atoms with Crippen molar-refractivity contribution in [2.45, 2.75) is 0 Å². The molecule has 14 heavy (non-hydrogen) atoms. The lowest BCUT2D eigenvalue weighted by molar-refractivity contribution is 1.02. The van der Waals surface area contributed by atoms with Gasteiger partial charge in [0.05, 0.1) is 5.69 Å². The standard InChI is InChI=1S/C8H5BrIN3S/c9-5-1-2-6(10)7(3-5)13-4-11-12-8(13)14/h1-4H,(H,12,14). The fraction of sp³-hybridized carbons (Fsp3) is 0. The van der Waals surface area contributed by atoms with E-state index in [4.69, 9.17) is 12.2 Å². The molecule has 0 fully saturated rings. The van der Waals surface area contributed by atoms with Crippen LogP contribution in [0.1, 0.15) is 0 Å². The number of H-pyrrole nitrogens is 1. The van der Waals surface area contributed by atoms with Crippen LogP contribution in [0.15, 0.2) is 29.0 Å². The Morgan fingerprint density at radius 2 is 2.29 bits per heavy atom. The van der Waals surface area contributed by atoms with Gasteiger partial charge in [-0.1, -0.05) is 15.9 Å². The molecule has 6 heteroatoms. The van der Waals surface area contributed by atoms with E-state index in [1.165, 1.54) is 0 Å². The summed E-state index contributed by atoms with van der Waals surface area (Å²) >= 11 is 10.8. The van der Waals surface area contributed by atoms with Gasteiger partial charge in [0.25, 0.3) is 0 Å². The number of hydrogen-bond donors (Lipinski definition) is 1. The molecule has 1 aromatic carbocycles. The normalized spacial score (nSPS) is 10.4. The number of hydrogen-bond acceptors (Lipinski definition) is 2. The minimum Gasteiger partial charge on any atom is -0.274 e. The molecule has 1 N–H and O–H groups in total. The predicted octanol–water partition coefficient (Wildman–Crippen LogP) is 3.30. The van der Waals surface area contributed by atoms with Crippen molar-refractivity contribution in [2.24, 2.45) is 0 Å². The smallest absolute Gasteiger partial charge is 0.199 e. The Bertz CT molecular complexity index is 519. The van der Waals surface area contributed by atoms with Crippen LogP contribution in [0.5, 0.6) is 0 Å². The first kappa shape index (κ1) is 10.3. The van der Waals surface area contributed by atoms with Gasteiger partial charge in [-0.25, -0.2) is 0 Å². The SMILES string of the molecule is S=c1[nH]ncn1-c1cc(Br)ccc1I. The second-order valence-corrected chi connectivity index (χ2v) is 5.09.